The number of nitrogens with zero attached hydrogens (tertiary/aromatic N) is 1. The molecule has 1 aromatic carbocycles. The molecule has 3 aromatic rings. The Kier molecular flexibility index (Phi) is 5.22. The number of aromatic amines is 2. The summed E-state index contributed by atoms with van der Waals surface area (Å²) >= 11 is 6.02. The minimum Gasteiger partial charge on any atom is -0.494 e. The molecule has 28 heavy (non-hydrogen) atoms. The lowest BCUT2D eigenvalue weighted by Gasteiger charge is -2.04. The van der Waals surface area contributed by atoms with Crippen LogP contribution in [-0.2, 0) is 17.6 Å². The van der Waals surface area contributed by atoms with Gasteiger partial charge >= 0.3 is 0 Å². The molecule has 4 nitrogen and oxygen atoms in total. The first kappa shape index (κ1) is 18.4. The highest BCUT2D eigenvalue weighted by atomic mass is 35.5. The van der Waals surface area contributed by atoms with Crippen molar-refractivity contribution < 1.29 is 4.74 Å². The molecule has 0 atom stereocenters. The summed E-state index contributed by atoms with van der Waals surface area (Å²) in [6.07, 6.45) is 7.69. The number of benzene rings is 1. The Morgan fingerprint density at radius 3 is 2.68 bits per heavy atom. The van der Waals surface area contributed by atoms with Gasteiger partial charge in [-0.15, -0.1) is 0 Å². The molecule has 0 saturated carbocycles. The molecule has 5 heteroatoms. The number of hydrogen-bond donors (Lipinski definition) is 2. The van der Waals surface area contributed by atoms with Crippen molar-refractivity contribution in [2.45, 2.75) is 19.8 Å². The first-order valence-corrected chi connectivity index (χ1v) is 9.69. The molecule has 0 spiro atoms. The van der Waals surface area contributed by atoms with Crippen LogP contribution in [0.2, 0.25) is 5.02 Å². The molecule has 0 unspecified atom stereocenters. The van der Waals surface area contributed by atoms with E-state index in [0.29, 0.717) is 0 Å². The van der Waals surface area contributed by atoms with Crippen LogP contribution in [0.3, 0.4) is 0 Å². The van der Waals surface area contributed by atoms with E-state index in [2.05, 4.69) is 41.2 Å². The minimum atomic E-state index is 0.751. The van der Waals surface area contributed by atoms with Gasteiger partial charge in [0.15, 0.2) is 0 Å². The van der Waals surface area contributed by atoms with Crippen LogP contribution < -0.4 is 0 Å². The summed E-state index contributed by atoms with van der Waals surface area (Å²) in [6, 6.07) is 14.2. The average Bonchev–Trinajstić information content (AvgIpc) is 3.44. The van der Waals surface area contributed by atoms with Gasteiger partial charge < -0.3 is 14.7 Å². The SMILES string of the molecule is CCc1cc(Cc2ccc(Cl)cc2)c(/C=C2\N=C(c3ccc[nH]3)C=C2OC)[nH]1. The molecule has 0 radical (unpaired) electrons. The number of hydrogen-bond acceptors (Lipinski definition) is 2. The highest BCUT2D eigenvalue weighted by Crippen LogP contribution is 2.27. The van der Waals surface area contributed by atoms with E-state index in [4.69, 9.17) is 21.3 Å². The van der Waals surface area contributed by atoms with E-state index < -0.39 is 0 Å². The third-order valence-corrected chi connectivity index (χ3v) is 5.07. The smallest absolute Gasteiger partial charge is 0.146 e. The maximum absolute atomic E-state index is 6.02. The quantitative estimate of drug-likeness (QED) is 0.570. The van der Waals surface area contributed by atoms with E-state index in [9.17, 15) is 0 Å². The summed E-state index contributed by atoms with van der Waals surface area (Å²) in [5.74, 6) is 0.759. The Morgan fingerprint density at radius 1 is 1.18 bits per heavy atom. The van der Waals surface area contributed by atoms with Gasteiger partial charge in [-0.25, -0.2) is 4.99 Å². The zero-order valence-electron chi connectivity index (χ0n) is 15.9. The monoisotopic (exact) mass is 391 g/mol. The third kappa shape index (κ3) is 3.82. The first-order chi connectivity index (χ1) is 13.7. The minimum absolute atomic E-state index is 0.751. The molecule has 0 amide bonds. The van der Waals surface area contributed by atoms with E-state index in [0.717, 1.165) is 46.4 Å². The Balaban J connectivity index is 1.69. The molecule has 0 saturated heterocycles. The van der Waals surface area contributed by atoms with Gasteiger partial charge in [0.2, 0.25) is 0 Å². The molecule has 0 bridgehead atoms. The maximum atomic E-state index is 6.02. The van der Waals surface area contributed by atoms with Crippen LogP contribution >= 0.6 is 11.6 Å². The lowest BCUT2D eigenvalue weighted by Crippen LogP contribution is -1.93. The lowest BCUT2D eigenvalue weighted by atomic mass is 10.0. The van der Waals surface area contributed by atoms with Gasteiger partial charge in [-0.1, -0.05) is 30.7 Å². The second kappa shape index (κ2) is 7.95. The number of methoxy groups -OCH3 is 1. The molecule has 1 aliphatic rings. The predicted molar refractivity (Wildman–Crippen MR) is 115 cm³/mol. The fraction of sp³-hybridized carbons (Fsp3) is 0.174. The third-order valence-electron chi connectivity index (χ3n) is 4.81. The summed E-state index contributed by atoms with van der Waals surface area (Å²) in [7, 11) is 1.67. The summed E-state index contributed by atoms with van der Waals surface area (Å²) in [5.41, 5.74) is 7.36. The van der Waals surface area contributed by atoms with E-state index >= 15 is 0 Å². The van der Waals surface area contributed by atoms with E-state index in [1.165, 1.54) is 16.8 Å². The molecule has 0 aliphatic carbocycles. The van der Waals surface area contributed by atoms with Crippen molar-refractivity contribution in [2.75, 3.05) is 7.11 Å². The normalized spacial score (nSPS) is 15.0. The number of H-pyrrole nitrogens is 2. The van der Waals surface area contributed by atoms with Crippen LogP contribution in [0.25, 0.3) is 6.08 Å². The maximum Gasteiger partial charge on any atom is 0.146 e. The topological polar surface area (TPSA) is 53.2 Å². The fourth-order valence-electron chi connectivity index (χ4n) is 3.31. The fourth-order valence-corrected chi connectivity index (χ4v) is 3.44. The van der Waals surface area contributed by atoms with Gasteiger partial charge in [0, 0.05) is 28.7 Å². The standard InChI is InChI=1S/C23H22ClN3O/c1-3-18-12-16(11-15-6-8-17(24)9-7-15)20(26-18)13-22-23(28-2)14-21(27-22)19-5-4-10-25-19/h4-10,12-14,25-26H,3,11H2,1-2H3/b22-13-. The van der Waals surface area contributed by atoms with Crippen molar-refractivity contribution >= 4 is 23.4 Å². The van der Waals surface area contributed by atoms with Gasteiger partial charge in [0.25, 0.3) is 0 Å². The highest BCUT2D eigenvalue weighted by molar-refractivity contribution is 6.30. The zero-order valence-corrected chi connectivity index (χ0v) is 16.7. The van der Waals surface area contributed by atoms with E-state index in [1.54, 1.807) is 7.11 Å². The molecule has 0 fully saturated rings. The van der Waals surface area contributed by atoms with E-state index in [1.807, 2.05) is 36.5 Å². The molecule has 1 aliphatic heterocycles. The van der Waals surface area contributed by atoms with Crippen molar-refractivity contribution in [2.24, 2.45) is 4.99 Å². The Hall–Kier alpha value is -2.98. The second-order valence-corrected chi connectivity index (χ2v) is 7.15. The van der Waals surface area contributed by atoms with Crippen molar-refractivity contribution in [3.8, 4) is 0 Å². The van der Waals surface area contributed by atoms with Crippen molar-refractivity contribution in [3.05, 3.63) is 99.4 Å². The van der Waals surface area contributed by atoms with Gasteiger partial charge in [0.1, 0.15) is 11.5 Å². The zero-order chi connectivity index (χ0) is 19.5. The molecule has 2 aromatic heterocycles. The summed E-state index contributed by atoms with van der Waals surface area (Å²) in [6.45, 7) is 2.15. The number of aliphatic imine (C=N–C) groups is 1. The highest BCUT2D eigenvalue weighted by Gasteiger charge is 2.18. The summed E-state index contributed by atoms with van der Waals surface area (Å²) in [4.78, 5) is 11.5. The molecule has 4 rings (SSSR count). The Morgan fingerprint density at radius 2 is 2.00 bits per heavy atom. The number of halogens is 1. The molecule has 142 valence electrons. The van der Waals surface area contributed by atoms with Crippen LogP contribution in [0.1, 0.15) is 35.1 Å². The summed E-state index contributed by atoms with van der Waals surface area (Å²) < 4.78 is 5.56. The van der Waals surface area contributed by atoms with Crippen LogP contribution in [0.5, 0.6) is 0 Å². The van der Waals surface area contributed by atoms with Crippen molar-refractivity contribution in [1.29, 1.82) is 0 Å². The van der Waals surface area contributed by atoms with Crippen LogP contribution in [-0.4, -0.2) is 22.8 Å². The number of rotatable bonds is 6. The average molecular weight is 392 g/mol. The van der Waals surface area contributed by atoms with Gasteiger partial charge in [-0.05, 0) is 60.4 Å². The molecular formula is C23H22ClN3O. The second-order valence-electron chi connectivity index (χ2n) is 6.71. The Labute approximate surface area is 169 Å². The van der Waals surface area contributed by atoms with Gasteiger partial charge in [-0.2, -0.15) is 0 Å². The number of nitrogens with one attached hydrogen (secondary N) is 2. The number of allylic oxidation sites excluding steroid dienone is 1. The lowest BCUT2D eigenvalue weighted by molar-refractivity contribution is 0.303. The van der Waals surface area contributed by atoms with Crippen LogP contribution in [0, 0.1) is 0 Å². The summed E-state index contributed by atoms with van der Waals surface area (Å²) in [5, 5.41) is 0.751. The largest absolute Gasteiger partial charge is 0.494 e. The molecule has 2 N–H and O–H groups in total. The first-order valence-electron chi connectivity index (χ1n) is 9.31. The number of aryl methyl sites for hydroxylation is 1. The number of aromatic nitrogens is 2. The van der Waals surface area contributed by atoms with E-state index in [-0.39, 0.29) is 0 Å². The molecular weight excluding hydrogens is 370 g/mol. The Bertz CT molecular complexity index is 1050. The van der Waals surface area contributed by atoms with Crippen molar-refractivity contribution in [3.63, 3.8) is 0 Å². The predicted octanol–water partition coefficient (Wildman–Crippen LogP) is 5.52. The number of ether oxygens (including phenoxy) is 1. The van der Waals surface area contributed by atoms with Gasteiger partial charge in [-0.3, -0.25) is 0 Å². The van der Waals surface area contributed by atoms with Crippen LogP contribution in [0.4, 0.5) is 0 Å². The van der Waals surface area contributed by atoms with Gasteiger partial charge in [0.05, 0.1) is 18.5 Å². The van der Waals surface area contributed by atoms with Crippen LogP contribution in [0.15, 0.2) is 71.2 Å². The molecule has 3 heterocycles. The van der Waals surface area contributed by atoms with Crippen molar-refractivity contribution in [1.82, 2.24) is 9.97 Å².